The van der Waals surface area contributed by atoms with Gasteiger partial charge in [0.25, 0.3) is 0 Å². The normalized spacial score (nSPS) is 21.2. The molecule has 1 heterocycles. The van der Waals surface area contributed by atoms with Gasteiger partial charge in [0.1, 0.15) is 16.9 Å². The summed E-state index contributed by atoms with van der Waals surface area (Å²) in [5.74, 6) is 1.66. The highest BCUT2D eigenvalue weighted by Gasteiger charge is 2.38. The van der Waals surface area contributed by atoms with Crippen molar-refractivity contribution in [1.82, 2.24) is 0 Å². The van der Waals surface area contributed by atoms with E-state index in [1.807, 2.05) is 54.6 Å². The lowest BCUT2D eigenvalue weighted by atomic mass is 10.1. The van der Waals surface area contributed by atoms with E-state index in [1.54, 1.807) is 4.90 Å². The predicted octanol–water partition coefficient (Wildman–Crippen LogP) is 4.46. The van der Waals surface area contributed by atoms with E-state index in [0.29, 0.717) is 12.3 Å². The Hall–Kier alpha value is -2.00. The van der Waals surface area contributed by atoms with Crippen molar-refractivity contribution in [3.63, 3.8) is 0 Å². The molecular weight excluding hydrogens is 298 g/mol. The second-order valence-electron chi connectivity index (χ2n) is 5.43. The third kappa shape index (κ3) is 2.95. The molecule has 1 fully saturated rings. The van der Waals surface area contributed by atoms with Crippen LogP contribution in [0.15, 0.2) is 54.6 Å². The molecule has 1 saturated heterocycles. The van der Waals surface area contributed by atoms with Crippen LogP contribution in [-0.2, 0) is 4.79 Å². The van der Waals surface area contributed by atoms with E-state index < -0.39 is 5.38 Å². The molecular formula is C18H18ClNO2. The van der Waals surface area contributed by atoms with Gasteiger partial charge in [-0.1, -0.05) is 31.2 Å². The summed E-state index contributed by atoms with van der Waals surface area (Å²) in [6, 6.07) is 17.2. The number of hydrogen-bond acceptors (Lipinski definition) is 2. The van der Waals surface area contributed by atoms with Crippen molar-refractivity contribution >= 4 is 23.2 Å². The van der Waals surface area contributed by atoms with E-state index in [9.17, 15) is 4.79 Å². The van der Waals surface area contributed by atoms with Gasteiger partial charge in [0, 0.05) is 24.2 Å². The van der Waals surface area contributed by atoms with Gasteiger partial charge in [-0.15, -0.1) is 11.6 Å². The number of rotatable bonds is 4. The van der Waals surface area contributed by atoms with Crippen LogP contribution in [0.5, 0.6) is 11.5 Å². The summed E-state index contributed by atoms with van der Waals surface area (Å²) in [7, 11) is 0. The van der Waals surface area contributed by atoms with Crippen molar-refractivity contribution in [2.24, 2.45) is 5.92 Å². The largest absolute Gasteiger partial charge is 0.457 e. The van der Waals surface area contributed by atoms with Crippen molar-refractivity contribution < 1.29 is 9.53 Å². The Bertz CT molecular complexity index is 659. The fraction of sp³-hybridized carbons (Fsp3) is 0.278. The van der Waals surface area contributed by atoms with E-state index in [1.165, 1.54) is 0 Å². The summed E-state index contributed by atoms with van der Waals surface area (Å²) < 4.78 is 5.82. The lowest BCUT2D eigenvalue weighted by molar-refractivity contribution is -0.117. The van der Waals surface area contributed by atoms with Gasteiger partial charge in [-0.3, -0.25) is 4.79 Å². The number of amides is 1. The molecule has 0 bridgehead atoms. The molecule has 2 aromatic carbocycles. The van der Waals surface area contributed by atoms with Gasteiger partial charge in [0.15, 0.2) is 0 Å². The third-order valence-electron chi connectivity index (χ3n) is 3.97. The number of carbonyl (C=O) groups excluding carboxylic acids is 1. The number of nitrogens with zero attached hydrogens (tertiary/aromatic N) is 1. The van der Waals surface area contributed by atoms with Gasteiger partial charge in [-0.25, -0.2) is 0 Å². The SMILES string of the molecule is CC[C@H]1CN(c2cccc(Oc3ccccc3)c2)C(=O)[C@@H]1Cl. The molecule has 0 spiro atoms. The third-order valence-corrected chi connectivity index (χ3v) is 4.51. The fourth-order valence-electron chi connectivity index (χ4n) is 2.68. The average Bonchev–Trinajstić information content (AvgIpc) is 2.84. The number of ether oxygens (including phenoxy) is 1. The summed E-state index contributed by atoms with van der Waals surface area (Å²) in [6.45, 7) is 2.73. The molecule has 0 aromatic heterocycles. The summed E-state index contributed by atoms with van der Waals surface area (Å²) in [6.07, 6.45) is 0.899. The first kappa shape index (κ1) is 14.9. The lowest BCUT2D eigenvalue weighted by Gasteiger charge is -2.17. The molecule has 1 aliphatic rings. The molecule has 2 aromatic rings. The zero-order chi connectivity index (χ0) is 15.5. The zero-order valence-corrected chi connectivity index (χ0v) is 13.2. The lowest BCUT2D eigenvalue weighted by Crippen LogP contribution is -2.27. The van der Waals surface area contributed by atoms with E-state index in [0.717, 1.165) is 17.9 Å². The number of hydrogen-bond donors (Lipinski definition) is 0. The molecule has 0 aliphatic carbocycles. The molecule has 0 radical (unpaired) electrons. The second-order valence-corrected chi connectivity index (χ2v) is 5.90. The molecule has 3 nitrogen and oxygen atoms in total. The molecule has 0 unspecified atom stereocenters. The molecule has 3 rings (SSSR count). The van der Waals surface area contributed by atoms with Crippen LogP contribution in [0.4, 0.5) is 5.69 Å². The monoisotopic (exact) mass is 315 g/mol. The first-order valence-corrected chi connectivity index (χ1v) is 7.91. The minimum Gasteiger partial charge on any atom is -0.457 e. The molecule has 0 N–H and O–H groups in total. The van der Waals surface area contributed by atoms with E-state index in [-0.39, 0.29) is 11.8 Å². The van der Waals surface area contributed by atoms with Gasteiger partial charge in [-0.2, -0.15) is 0 Å². The van der Waals surface area contributed by atoms with E-state index in [4.69, 9.17) is 16.3 Å². The summed E-state index contributed by atoms with van der Waals surface area (Å²) in [5, 5.41) is -0.427. The van der Waals surface area contributed by atoms with Crippen LogP contribution in [0.2, 0.25) is 0 Å². The van der Waals surface area contributed by atoms with Crippen LogP contribution in [0.1, 0.15) is 13.3 Å². The maximum Gasteiger partial charge on any atom is 0.245 e. The number of halogens is 1. The summed E-state index contributed by atoms with van der Waals surface area (Å²) >= 11 is 6.22. The molecule has 2 atom stereocenters. The molecule has 4 heteroatoms. The van der Waals surface area contributed by atoms with Crippen LogP contribution >= 0.6 is 11.6 Å². The van der Waals surface area contributed by atoms with E-state index >= 15 is 0 Å². The Morgan fingerprint density at radius 3 is 2.55 bits per heavy atom. The second kappa shape index (κ2) is 6.41. The average molecular weight is 316 g/mol. The highest BCUT2D eigenvalue weighted by Crippen LogP contribution is 2.33. The van der Waals surface area contributed by atoms with Crippen LogP contribution in [0.3, 0.4) is 0 Å². The number of para-hydroxylation sites is 1. The summed E-state index contributed by atoms with van der Waals surface area (Å²) in [5.41, 5.74) is 0.833. The van der Waals surface area contributed by atoms with Gasteiger partial charge in [0.05, 0.1) is 0 Å². The predicted molar refractivity (Wildman–Crippen MR) is 88.7 cm³/mol. The van der Waals surface area contributed by atoms with Crippen molar-refractivity contribution in [3.8, 4) is 11.5 Å². The molecule has 114 valence electrons. The van der Waals surface area contributed by atoms with Crippen molar-refractivity contribution in [2.45, 2.75) is 18.7 Å². The van der Waals surface area contributed by atoms with Crippen LogP contribution < -0.4 is 9.64 Å². The first-order valence-electron chi connectivity index (χ1n) is 7.47. The van der Waals surface area contributed by atoms with Crippen LogP contribution in [0, 0.1) is 5.92 Å². The number of anilines is 1. The van der Waals surface area contributed by atoms with Crippen LogP contribution in [-0.4, -0.2) is 17.8 Å². The zero-order valence-electron chi connectivity index (χ0n) is 12.4. The Morgan fingerprint density at radius 1 is 1.14 bits per heavy atom. The number of benzene rings is 2. The van der Waals surface area contributed by atoms with Crippen molar-refractivity contribution in [3.05, 3.63) is 54.6 Å². The molecule has 0 saturated carbocycles. The Balaban J connectivity index is 1.81. The molecule has 1 amide bonds. The first-order chi connectivity index (χ1) is 10.7. The van der Waals surface area contributed by atoms with Gasteiger partial charge >= 0.3 is 0 Å². The highest BCUT2D eigenvalue weighted by molar-refractivity contribution is 6.34. The maximum atomic E-state index is 12.3. The minimum atomic E-state index is -0.427. The molecule has 1 aliphatic heterocycles. The molecule has 22 heavy (non-hydrogen) atoms. The maximum absolute atomic E-state index is 12.3. The Morgan fingerprint density at radius 2 is 1.86 bits per heavy atom. The number of alkyl halides is 1. The number of carbonyl (C=O) groups is 1. The van der Waals surface area contributed by atoms with Crippen molar-refractivity contribution in [2.75, 3.05) is 11.4 Å². The van der Waals surface area contributed by atoms with Crippen molar-refractivity contribution in [1.29, 1.82) is 0 Å². The summed E-state index contributed by atoms with van der Waals surface area (Å²) in [4.78, 5) is 14.1. The Kier molecular flexibility index (Phi) is 4.34. The van der Waals surface area contributed by atoms with Gasteiger partial charge in [0.2, 0.25) is 5.91 Å². The topological polar surface area (TPSA) is 29.5 Å². The quantitative estimate of drug-likeness (QED) is 0.780. The van der Waals surface area contributed by atoms with Gasteiger partial charge < -0.3 is 9.64 Å². The highest BCUT2D eigenvalue weighted by atomic mass is 35.5. The Labute approximate surface area is 135 Å². The van der Waals surface area contributed by atoms with Gasteiger partial charge in [-0.05, 0) is 30.7 Å². The minimum absolute atomic E-state index is 0.0228. The van der Waals surface area contributed by atoms with Crippen LogP contribution in [0.25, 0.3) is 0 Å². The standard InChI is InChI=1S/C18H18ClNO2/c1-2-13-12-20(18(21)17(13)19)14-7-6-10-16(11-14)22-15-8-4-3-5-9-15/h3-11,13,17H,2,12H2,1H3/t13-,17+/m0/s1. The fourth-order valence-corrected chi connectivity index (χ4v) is 3.05. The smallest absolute Gasteiger partial charge is 0.245 e. The van der Waals surface area contributed by atoms with E-state index in [2.05, 4.69) is 6.92 Å².